The first-order valence-electron chi connectivity index (χ1n) is 6.12. The van der Waals surface area contributed by atoms with Crippen molar-refractivity contribution in [1.29, 1.82) is 0 Å². The lowest BCUT2D eigenvalue weighted by Gasteiger charge is -2.24. The van der Waals surface area contributed by atoms with Crippen molar-refractivity contribution in [3.8, 4) is 5.75 Å². The molecule has 4 heteroatoms. The van der Waals surface area contributed by atoms with E-state index in [4.69, 9.17) is 4.74 Å². The maximum absolute atomic E-state index is 11.6. The first-order chi connectivity index (χ1) is 8.47. The summed E-state index contributed by atoms with van der Waals surface area (Å²) in [7, 11) is 3.51. The van der Waals surface area contributed by atoms with Gasteiger partial charge in [0, 0.05) is 19.2 Å². The van der Waals surface area contributed by atoms with Crippen molar-refractivity contribution >= 4 is 6.03 Å². The first kappa shape index (κ1) is 12.7. The Morgan fingerprint density at radius 1 is 1.33 bits per heavy atom. The Hall–Kier alpha value is -1.71. The molecule has 1 saturated heterocycles. The first-order valence-corrected chi connectivity index (χ1v) is 6.12. The van der Waals surface area contributed by atoms with Crippen LogP contribution in [0, 0.1) is 20.8 Å². The standard InChI is InChI=1S/C14H20N2O2/c1-8-6-9(2)12(13(18-5)10(8)3)11-7-15-14(17)16(11)4/h6,11H,7H2,1-5H3,(H,15,17). The van der Waals surface area contributed by atoms with Crippen molar-refractivity contribution < 1.29 is 9.53 Å². The fourth-order valence-corrected chi connectivity index (χ4v) is 2.63. The summed E-state index contributed by atoms with van der Waals surface area (Å²) in [6.45, 7) is 6.84. The van der Waals surface area contributed by atoms with Crippen LogP contribution in [0.25, 0.3) is 0 Å². The van der Waals surface area contributed by atoms with Gasteiger partial charge in [-0.05, 0) is 37.5 Å². The number of nitrogens with one attached hydrogen (secondary N) is 1. The fourth-order valence-electron chi connectivity index (χ4n) is 2.63. The highest BCUT2D eigenvalue weighted by molar-refractivity contribution is 5.77. The number of methoxy groups -OCH3 is 1. The molecule has 0 saturated carbocycles. The minimum absolute atomic E-state index is 0.0281. The molecule has 1 heterocycles. The Labute approximate surface area is 108 Å². The number of carbonyl (C=O) groups is 1. The third-order valence-electron chi connectivity index (χ3n) is 3.81. The Kier molecular flexibility index (Phi) is 3.20. The van der Waals surface area contributed by atoms with Gasteiger partial charge in [0.25, 0.3) is 0 Å². The molecule has 0 aliphatic carbocycles. The third kappa shape index (κ3) is 1.82. The zero-order valence-electron chi connectivity index (χ0n) is 11.6. The number of hydrogen-bond acceptors (Lipinski definition) is 2. The number of urea groups is 1. The van der Waals surface area contributed by atoms with Crippen LogP contribution in [0.1, 0.15) is 28.3 Å². The highest BCUT2D eigenvalue weighted by Gasteiger charge is 2.32. The third-order valence-corrected chi connectivity index (χ3v) is 3.81. The second kappa shape index (κ2) is 4.52. The lowest BCUT2D eigenvalue weighted by atomic mass is 9.94. The number of aryl methyl sites for hydroxylation is 2. The normalized spacial score (nSPS) is 19.1. The predicted molar refractivity (Wildman–Crippen MR) is 71.1 cm³/mol. The van der Waals surface area contributed by atoms with Crippen molar-refractivity contribution in [2.24, 2.45) is 0 Å². The number of hydrogen-bond donors (Lipinski definition) is 1. The van der Waals surface area contributed by atoms with Crippen molar-refractivity contribution in [2.75, 3.05) is 20.7 Å². The van der Waals surface area contributed by atoms with Crippen LogP contribution in [0.5, 0.6) is 5.75 Å². The van der Waals surface area contributed by atoms with Crippen molar-refractivity contribution in [1.82, 2.24) is 10.2 Å². The number of rotatable bonds is 2. The maximum Gasteiger partial charge on any atom is 0.317 e. The van der Waals surface area contributed by atoms with Gasteiger partial charge in [-0.1, -0.05) is 6.07 Å². The molecule has 1 aromatic carbocycles. The van der Waals surface area contributed by atoms with Crippen LogP contribution in [0.4, 0.5) is 4.79 Å². The van der Waals surface area contributed by atoms with E-state index in [1.165, 1.54) is 11.1 Å². The van der Waals surface area contributed by atoms with Gasteiger partial charge in [-0.15, -0.1) is 0 Å². The van der Waals surface area contributed by atoms with Gasteiger partial charge in [-0.3, -0.25) is 0 Å². The van der Waals surface area contributed by atoms with E-state index in [2.05, 4.69) is 32.2 Å². The maximum atomic E-state index is 11.6. The predicted octanol–water partition coefficient (Wildman–Crippen LogP) is 2.32. The molecular formula is C14H20N2O2. The Balaban J connectivity index is 2.57. The largest absolute Gasteiger partial charge is 0.496 e. The van der Waals surface area contributed by atoms with E-state index < -0.39 is 0 Å². The number of benzene rings is 1. The average molecular weight is 248 g/mol. The fraction of sp³-hybridized carbons (Fsp3) is 0.500. The molecule has 1 atom stereocenters. The van der Waals surface area contributed by atoms with Gasteiger partial charge >= 0.3 is 6.03 Å². The molecule has 1 aromatic rings. The van der Waals surface area contributed by atoms with Crippen molar-refractivity contribution in [3.05, 3.63) is 28.3 Å². The highest BCUT2D eigenvalue weighted by Crippen LogP contribution is 2.37. The summed E-state index contributed by atoms with van der Waals surface area (Å²) in [6.07, 6.45) is 0. The van der Waals surface area contributed by atoms with Crippen LogP contribution in [0.15, 0.2) is 6.07 Å². The van der Waals surface area contributed by atoms with Gasteiger partial charge in [0.1, 0.15) is 5.75 Å². The Morgan fingerprint density at radius 3 is 2.50 bits per heavy atom. The monoisotopic (exact) mass is 248 g/mol. The summed E-state index contributed by atoms with van der Waals surface area (Å²) in [5, 5.41) is 2.86. The van der Waals surface area contributed by atoms with Crippen LogP contribution in [-0.2, 0) is 0 Å². The smallest absolute Gasteiger partial charge is 0.317 e. The summed E-state index contributed by atoms with van der Waals surface area (Å²) in [6, 6.07) is 2.18. The van der Waals surface area contributed by atoms with Crippen LogP contribution >= 0.6 is 0 Å². The van der Waals surface area contributed by atoms with Crippen molar-refractivity contribution in [3.63, 3.8) is 0 Å². The van der Waals surface area contributed by atoms with E-state index in [1.54, 1.807) is 12.0 Å². The molecule has 2 rings (SSSR count). The molecule has 0 spiro atoms. The average Bonchev–Trinajstić information content (AvgIpc) is 2.65. The van der Waals surface area contributed by atoms with Crippen LogP contribution < -0.4 is 10.1 Å². The zero-order valence-corrected chi connectivity index (χ0v) is 11.6. The number of carbonyl (C=O) groups excluding carboxylic acids is 1. The molecule has 2 amide bonds. The second-order valence-corrected chi connectivity index (χ2v) is 4.90. The summed E-state index contributed by atoms with van der Waals surface area (Å²) in [5.74, 6) is 0.904. The van der Waals surface area contributed by atoms with E-state index >= 15 is 0 Å². The van der Waals surface area contributed by atoms with Crippen molar-refractivity contribution in [2.45, 2.75) is 26.8 Å². The summed E-state index contributed by atoms with van der Waals surface area (Å²) in [4.78, 5) is 13.3. The second-order valence-electron chi connectivity index (χ2n) is 4.90. The number of likely N-dealkylation sites (N-methyl/N-ethyl adjacent to an activating group) is 1. The molecule has 1 aliphatic heterocycles. The molecule has 0 aromatic heterocycles. The van der Waals surface area contributed by atoms with Gasteiger partial charge in [0.2, 0.25) is 0 Å². The van der Waals surface area contributed by atoms with Gasteiger partial charge in [-0.25, -0.2) is 4.79 Å². The number of amides is 2. The molecule has 4 nitrogen and oxygen atoms in total. The molecule has 98 valence electrons. The lowest BCUT2D eigenvalue weighted by molar-refractivity contribution is 0.216. The lowest BCUT2D eigenvalue weighted by Crippen LogP contribution is -2.26. The molecule has 0 bridgehead atoms. The van der Waals surface area contributed by atoms with E-state index in [-0.39, 0.29) is 12.1 Å². The summed E-state index contributed by atoms with van der Waals surface area (Å²) < 4.78 is 5.57. The quantitative estimate of drug-likeness (QED) is 0.872. The number of nitrogens with zero attached hydrogens (tertiary/aromatic N) is 1. The SMILES string of the molecule is COc1c(C)c(C)cc(C)c1C1CNC(=O)N1C. The van der Waals surface area contributed by atoms with Crippen LogP contribution in [0.3, 0.4) is 0 Å². The molecule has 1 fully saturated rings. The Bertz CT molecular complexity index is 497. The zero-order chi connectivity index (χ0) is 13.4. The van der Waals surface area contributed by atoms with Gasteiger partial charge in [0.05, 0.1) is 13.2 Å². The Morgan fingerprint density at radius 2 is 2.00 bits per heavy atom. The van der Waals surface area contributed by atoms with Gasteiger partial charge < -0.3 is 15.0 Å². The highest BCUT2D eigenvalue weighted by atomic mass is 16.5. The molecule has 1 unspecified atom stereocenters. The van der Waals surface area contributed by atoms with Crippen LogP contribution in [0.2, 0.25) is 0 Å². The summed E-state index contributed by atoms with van der Waals surface area (Å²) >= 11 is 0. The molecule has 18 heavy (non-hydrogen) atoms. The molecule has 1 aliphatic rings. The molecule has 0 radical (unpaired) electrons. The van der Waals surface area contributed by atoms with E-state index in [0.717, 1.165) is 16.9 Å². The molecular weight excluding hydrogens is 228 g/mol. The minimum Gasteiger partial charge on any atom is -0.496 e. The molecule has 1 N–H and O–H groups in total. The van der Waals surface area contributed by atoms with Gasteiger partial charge in [-0.2, -0.15) is 0 Å². The van der Waals surface area contributed by atoms with E-state index in [0.29, 0.717) is 6.54 Å². The van der Waals surface area contributed by atoms with E-state index in [9.17, 15) is 4.79 Å². The topological polar surface area (TPSA) is 41.6 Å². The summed E-state index contributed by atoms with van der Waals surface area (Å²) in [5.41, 5.74) is 4.64. The van der Waals surface area contributed by atoms with Gasteiger partial charge in [0.15, 0.2) is 0 Å². The minimum atomic E-state index is -0.0281. The van der Waals surface area contributed by atoms with E-state index in [1.807, 2.05) is 7.05 Å². The van der Waals surface area contributed by atoms with Crippen LogP contribution in [-0.4, -0.2) is 31.6 Å². The number of ether oxygens (including phenoxy) is 1.